The quantitative estimate of drug-likeness (QED) is 0.762. The van der Waals surface area contributed by atoms with Crippen molar-refractivity contribution in [3.8, 4) is 11.5 Å². The van der Waals surface area contributed by atoms with Crippen LogP contribution in [-0.4, -0.2) is 30.6 Å². The van der Waals surface area contributed by atoms with E-state index in [1.54, 1.807) is 17.4 Å². The van der Waals surface area contributed by atoms with Crippen LogP contribution in [0.2, 0.25) is 0 Å². The van der Waals surface area contributed by atoms with E-state index in [1.165, 1.54) is 10.4 Å². The molecule has 4 nitrogen and oxygen atoms in total. The number of carbonyl (C=O) groups excluding carboxylic acids is 1. The Morgan fingerprint density at radius 3 is 2.96 bits per heavy atom. The van der Waals surface area contributed by atoms with Crippen LogP contribution < -0.4 is 9.47 Å². The minimum absolute atomic E-state index is 0.0523. The standard InChI is InChI=1S/C20H21NO3S/c1-14-16-8-12-25-19(16)7-9-21(14)20(22)6-4-15-3-5-17-18(13-15)24-11-2-10-23-17/h3-6,8,12-14H,2,7,9-11H2,1H3/b6-4+. The van der Waals surface area contributed by atoms with Gasteiger partial charge in [-0.1, -0.05) is 6.07 Å². The second-order valence-electron chi connectivity index (χ2n) is 6.35. The molecule has 0 N–H and O–H groups in total. The van der Waals surface area contributed by atoms with Gasteiger partial charge in [-0.05, 0) is 54.1 Å². The van der Waals surface area contributed by atoms with Gasteiger partial charge >= 0.3 is 0 Å². The molecule has 0 saturated heterocycles. The molecule has 25 heavy (non-hydrogen) atoms. The van der Waals surface area contributed by atoms with Crippen LogP contribution in [-0.2, 0) is 11.2 Å². The number of ether oxygens (including phenoxy) is 2. The highest BCUT2D eigenvalue weighted by Crippen LogP contribution is 2.33. The van der Waals surface area contributed by atoms with Gasteiger partial charge in [-0.2, -0.15) is 0 Å². The van der Waals surface area contributed by atoms with Crippen LogP contribution in [0.3, 0.4) is 0 Å². The molecule has 1 amide bonds. The smallest absolute Gasteiger partial charge is 0.247 e. The van der Waals surface area contributed by atoms with Gasteiger partial charge in [0.25, 0.3) is 0 Å². The summed E-state index contributed by atoms with van der Waals surface area (Å²) in [5, 5.41) is 2.11. The zero-order valence-corrected chi connectivity index (χ0v) is 15.1. The van der Waals surface area contributed by atoms with Crippen molar-refractivity contribution in [1.82, 2.24) is 4.90 Å². The van der Waals surface area contributed by atoms with Gasteiger partial charge in [0.15, 0.2) is 11.5 Å². The Balaban J connectivity index is 1.48. The van der Waals surface area contributed by atoms with Crippen molar-refractivity contribution < 1.29 is 14.3 Å². The number of fused-ring (bicyclic) bond motifs is 2. The minimum Gasteiger partial charge on any atom is -0.490 e. The Labute approximate surface area is 151 Å². The molecule has 0 radical (unpaired) electrons. The Bertz CT molecular complexity index is 811. The maximum Gasteiger partial charge on any atom is 0.247 e. The van der Waals surface area contributed by atoms with E-state index in [4.69, 9.17) is 9.47 Å². The van der Waals surface area contributed by atoms with Gasteiger partial charge in [0.1, 0.15) is 0 Å². The lowest BCUT2D eigenvalue weighted by molar-refractivity contribution is -0.128. The fourth-order valence-corrected chi connectivity index (χ4v) is 4.32. The zero-order chi connectivity index (χ0) is 17.2. The Morgan fingerprint density at radius 2 is 2.08 bits per heavy atom. The first-order chi connectivity index (χ1) is 12.2. The van der Waals surface area contributed by atoms with Gasteiger partial charge in [-0.25, -0.2) is 0 Å². The van der Waals surface area contributed by atoms with Crippen molar-refractivity contribution in [1.29, 1.82) is 0 Å². The molecule has 4 rings (SSSR count). The van der Waals surface area contributed by atoms with Gasteiger partial charge < -0.3 is 14.4 Å². The van der Waals surface area contributed by atoms with E-state index in [1.807, 2.05) is 29.2 Å². The predicted molar refractivity (Wildman–Crippen MR) is 99.2 cm³/mol. The molecule has 0 bridgehead atoms. The van der Waals surface area contributed by atoms with Crippen LogP contribution in [0.5, 0.6) is 11.5 Å². The van der Waals surface area contributed by atoms with Gasteiger partial charge in [-0.3, -0.25) is 4.79 Å². The highest BCUT2D eigenvalue weighted by atomic mass is 32.1. The van der Waals surface area contributed by atoms with Crippen molar-refractivity contribution >= 4 is 23.3 Å². The lowest BCUT2D eigenvalue weighted by atomic mass is 10.0. The normalized spacial score (nSPS) is 19.6. The maximum atomic E-state index is 12.6. The van der Waals surface area contributed by atoms with Crippen LogP contribution in [0.25, 0.3) is 6.08 Å². The predicted octanol–water partition coefficient (Wildman–Crippen LogP) is 4.07. The molecule has 0 saturated carbocycles. The fraction of sp³-hybridized carbons (Fsp3) is 0.350. The van der Waals surface area contributed by atoms with Gasteiger partial charge in [0.2, 0.25) is 5.91 Å². The largest absolute Gasteiger partial charge is 0.490 e. The Morgan fingerprint density at radius 1 is 1.24 bits per heavy atom. The number of hydrogen-bond donors (Lipinski definition) is 0. The lowest BCUT2D eigenvalue weighted by Crippen LogP contribution is -2.37. The summed E-state index contributed by atoms with van der Waals surface area (Å²) >= 11 is 1.79. The number of amides is 1. The number of thiophene rings is 1. The van der Waals surface area contributed by atoms with Crippen molar-refractivity contribution in [3.05, 3.63) is 51.7 Å². The maximum absolute atomic E-state index is 12.6. The van der Waals surface area contributed by atoms with E-state index in [0.717, 1.165) is 36.4 Å². The van der Waals surface area contributed by atoms with Crippen molar-refractivity contribution in [3.63, 3.8) is 0 Å². The highest BCUT2D eigenvalue weighted by molar-refractivity contribution is 7.10. The molecule has 0 spiro atoms. The SMILES string of the molecule is CC1c2ccsc2CCN1C(=O)/C=C/c1ccc2c(c1)OCCCO2. The Kier molecular flexibility index (Phi) is 4.49. The average molecular weight is 355 g/mol. The van der Waals surface area contributed by atoms with Crippen LogP contribution in [0.15, 0.2) is 35.7 Å². The van der Waals surface area contributed by atoms with Crippen molar-refractivity contribution in [2.45, 2.75) is 25.8 Å². The molecule has 3 heterocycles. The van der Waals surface area contributed by atoms with E-state index >= 15 is 0 Å². The third-order valence-electron chi connectivity index (χ3n) is 4.75. The highest BCUT2D eigenvalue weighted by Gasteiger charge is 2.27. The van der Waals surface area contributed by atoms with E-state index in [9.17, 15) is 4.79 Å². The summed E-state index contributed by atoms with van der Waals surface area (Å²) in [5.41, 5.74) is 2.23. The van der Waals surface area contributed by atoms with Crippen LogP contribution >= 0.6 is 11.3 Å². The lowest BCUT2D eigenvalue weighted by Gasteiger charge is -2.32. The zero-order valence-electron chi connectivity index (χ0n) is 14.2. The molecule has 130 valence electrons. The van der Waals surface area contributed by atoms with Gasteiger partial charge in [0.05, 0.1) is 19.3 Å². The molecule has 2 aliphatic heterocycles. The molecule has 2 aromatic rings. The number of hydrogen-bond acceptors (Lipinski definition) is 4. The average Bonchev–Trinajstić information content (AvgIpc) is 2.99. The number of carbonyl (C=O) groups is 1. The molecule has 2 aliphatic rings. The number of rotatable bonds is 2. The van der Waals surface area contributed by atoms with Crippen molar-refractivity contribution in [2.24, 2.45) is 0 Å². The first-order valence-corrected chi connectivity index (χ1v) is 9.55. The molecule has 1 aromatic heterocycles. The van der Waals surface area contributed by atoms with Gasteiger partial charge in [-0.15, -0.1) is 11.3 Å². The summed E-state index contributed by atoms with van der Waals surface area (Å²) in [6.07, 6.45) is 5.34. The molecule has 1 unspecified atom stereocenters. The fourth-order valence-electron chi connectivity index (χ4n) is 3.36. The second kappa shape index (κ2) is 6.92. The monoisotopic (exact) mass is 355 g/mol. The van der Waals surface area contributed by atoms with Crippen LogP contribution in [0.1, 0.15) is 35.4 Å². The third kappa shape index (κ3) is 3.29. The number of benzene rings is 1. The first-order valence-electron chi connectivity index (χ1n) is 8.67. The Hall–Kier alpha value is -2.27. The van der Waals surface area contributed by atoms with Crippen molar-refractivity contribution in [2.75, 3.05) is 19.8 Å². The van der Waals surface area contributed by atoms with Crippen LogP contribution in [0, 0.1) is 0 Å². The summed E-state index contributed by atoms with van der Waals surface area (Å²) < 4.78 is 11.3. The summed E-state index contributed by atoms with van der Waals surface area (Å²) in [6, 6.07) is 8.06. The van der Waals surface area contributed by atoms with E-state index in [2.05, 4.69) is 18.4 Å². The molecular formula is C20H21NO3S. The van der Waals surface area contributed by atoms with E-state index in [-0.39, 0.29) is 11.9 Å². The molecule has 1 atom stereocenters. The van der Waals surface area contributed by atoms with E-state index < -0.39 is 0 Å². The summed E-state index contributed by atoms with van der Waals surface area (Å²) in [6.45, 7) is 4.22. The minimum atomic E-state index is 0.0523. The topological polar surface area (TPSA) is 38.8 Å². The molecule has 1 aromatic carbocycles. The third-order valence-corrected chi connectivity index (χ3v) is 5.75. The second-order valence-corrected chi connectivity index (χ2v) is 7.35. The number of nitrogens with zero attached hydrogens (tertiary/aromatic N) is 1. The molecule has 0 aliphatic carbocycles. The summed E-state index contributed by atoms with van der Waals surface area (Å²) in [4.78, 5) is 16.0. The van der Waals surface area contributed by atoms with E-state index in [0.29, 0.717) is 13.2 Å². The summed E-state index contributed by atoms with van der Waals surface area (Å²) in [5.74, 6) is 1.58. The summed E-state index contributed by atoms with van der Waals surface area (Å²) in [7, 11) is 0. The van der Waals surface area contributed by atoms with Gasteiger partial charge in [0, 0.05) is 23.9 Å². The molecular weight excluding hydrogens is 334 g/mol. The molecule has 5 heteroatoms. The molecule has 0 fully saturated rings. The van der Waals surface area contributed by atoms with Crippen LogP contribution in [0.4, 0.5) is 0 Å². The first kappa shape index (κ1) is 16.2.